The summed E-state index contributed by atoms with van der Waals surface area (Å²) in [6.07, 6.45) is -1.60. The molecule has 0 aliphatic carbocycles. The van der Waals surface area contributed by atoms with Crippen LogP contribution in [-0.2, 0) is 36.8 Å². The largest absolute Gasteiger partial charge is 0.435 e. The van der Waals surface area contributed by atoms with Crippen molar-refractivity contribution in [1.82, 2.24) is 25.1 Å². The number of alkyl halides is 3. The lowest BCUT2D eigenvalue weighted by Gasteiger charge is -2.21. The van der Waals surface area contributed by atoms with Crippen molar-refractivity contribution in [2.45, 2.75) is 51.9 Å². The van der Waals surface area contributed by atoms with Gasteiger partial charge in [0.25, 0.3) is 0 Å². The summed E-state index contributed by atoms with van der Waals surface area (Å²) >= 11 is 6.02. The lowest BCUT2D eigenvalue weighted by Crippen LogP contribution is -2.34. The van der Waals surface area contributed by atoms with Gasteiger partial charge in [-0.05, 0) is 54.7 Å². The van der Waals surface area contributed by atoms with E-state index in [-0.39, 0.29) is 30.4 Å². The Labute approximate surface area is 232 Å². The fourth-order valence-electron chi connectivity index (χ4n) is 4.69. The number of hydrogen-bond donors (Lipinski definition) is 1. The van der Waals surface area contributed by atoms with E-state index in [9.17, 15) is 26.7 Å². The van der Waals surface area contributed by atoms with Crippen LogP contribution >= 0.6 is 11.6 Å². The first-order valence-corrected chi connectivity index (χ1v) is 12.8. The first-order valence-electron chi connectivity index (χ1n) is 12.5. The van der Waals surface area contributed by atoms with Crippen LogP contribution in [0, 0.1) is 11.6 Å². The fraction of sp³-hybridized carbons (Fsp3) is 0.286. The normalized spacial score (nSPS) is 12.4. The summed E-state index contributed by atoms with van der Waals surface area (Å²) in [6.45, 7) is 2.78. The maximum absolute atomic E-state index is 14.0. The van der Waals surface area contributed by atoms with E-state index in [0.29, 0.717) is 27.5 Å². The van der Waals surface area contributed by atoms with Crippen molar-refractivity contribution in [3.8, 4) is 11.1 Å². The van der Waals surface area contributed by atoms with Crippen LogP contribution in [0.3, 0.4) is 0 Å². The maximum Gasteiger partial charge on any atom is 0.435 e. The van der Waals surface area contributed by atoms with E-state index in [1.807, 2.05) is 0 Å². The molecule has 0 aliphatic rings. The minimum Gasteiger partial charge on any atom is -0.346 e. The van der Waals surface area contributed by atoms with Crippen molar-refractivity contribution >= 4 is 17.5 Å². The summed E-state index contributed by atoms with van der Waals surface area (Å²) in [5, 5.41) is 7.00. The molecule has 210 valence electrons. The van der Waals surface area contributed by atoms with Gasteiger partial charge >= 0.3 is 6.18 Å². The molecule has 40 heavy (non-hydrogen) atoms. The van der Waals surface area contributed by atoms with Crippen molar-refractivity contribution < 1.29 is 26.7 Å². The second-order valence-corrected chi connectivity index (χ2v) is 9.50. The Morgan fingerprint density at radius 3 is 2.33 bits per heavy atom. The van der Waals surface area contributed by atoms with Gasteiger partial charge in [-0.2, -0.15) is 18.3 Å². The molecular weight excluding hydrogens is 553 g/mol. The number of halogens is 6. The quantitative estimate of drug-likeness (QED) is 0.230. The summed E-state index contributed by atoms with van der Waals surface area (Å²) in [5.41, 5.74) is 1.11. The molecule has 4 aromatic rings. The Morgan fingerprint density at radius 2 is 1.73 bits per heavy atom. The highest BCUT2D eigenvalue weighted by Crippen LogP contribution is 2.33. The maximum atomic E-state index is 14.0. The van der Waals surface area contributed by atoms with Crippen molar-refractivity contribution in [3.05, 3.63) is 99.9 Å². The third-order valence-corrected chi connectivity index (χ3v) is 6.59. The molecule has 0 saturated heterocycles. The van der Waals surface area contributed by atoms with Crippen LogP contribution in [0.5, 0.6) is 0 Å². The average molecular weight is 578 g/mol. The molecule has 1 amide bonds. The second kappa shape index (κ2) is 12.1. The number of nitrogens with zero attached hydrogens (tertiary/aromatic N) is 4. The fourth-order valence-corrected chi connectivity index (χ4v) is 4.81. The number of aromatic nitrogens is 4. The Balaban J connectivity index is 1.72. The number of hydrogen-bond acceptors (Lipinski definition) is 4. The molecule has 0 unspecified atom stereocenters. The topological polar surface area (TPSA) is 72.7 Å². The SMILES string of the molecule is CCc1c(C(F)(F)F)nn(CC(=O)N[C@@H](Cc2cc(F)cc(F)c2)c2ncncc2-c2ccc(Cl)cc2)c1CC. The standard InChI is InChI=1S/C28H25ClF5N5O/c1-3-21-24(4-2)39(38-27(21)28(32,33)34)14-25(40)37-23(11-16-9-19(30)12-20(31)10-16)26-22(13-35-15-36-26)17-5-7-18(29)8-6-17/h5-10,12-13,15,23H,3-4,11,14H2,1-2H3,(H,37,40)/t23-/m0/s1. The van der Waals surface area contributed by atoms with Gasteiger partial charge in [0.05, 0.1) is 11.7 Å². The van der Waals surface area contributed by atoms with Gasteiger partial charge in [-0.3, -0.25) is 9.48 Å². The summed E-state index contributed by atoms with van der Waals surface area (Å²) in [5.74, 6) is -2.25. The Bertz CT molecular complexity index is 1480. The predicted molar refractivity (Wildman–Crippen MR) is 139 cm³/mol. The minimum atomic E-state index is -4.67. The first-order chi connectivity index (χ1) is 19.0. The second-order valence-electron chi connectivity index (χ2n) is 9.07. The van der Waals surface area contributed by atoms with Crippen LogP contribution in [0.15, 0.2) is 55.0 Å². The van der Waals surface area contributed by atoms with Crippen molar-refractivity contribution in [1.29, 1.82) is 0 Å². The van der Waals surface area contributed by atoms with Gasteiger partial charge in [0.2, 0.25) is 5.91 Å². The molecule has 0 radical (unpaired) electrons. The molecule has 1 N–H and O–H groups in total. The summed E-state index contributed by atoms with van der Waals surface area (Å²) in [7, 11) is 0. The molecule has 12 heteroatoms. The molecule has 2 aromatic carbocycles. The van der Waals surface area contributed by atoms with Gasteiger partial charge in [-0.1, -0.05) is 37.6 Å². The van der Waals surface area contributed by atoms with Gasteiger partial charge in [-0.15, -0.1) is 0 Å². The van der Waals surface area contributed by atoms with Crippen LogP contribution in [0.1, 0.15) is 48.1 Å². The average Bonchev–Trinajstić information content (AvgIpc) is 3.26. The predicted octanol–water partition coefficient (Wildman–Crippen LogP) is 6.52. The van der Waals surface area contributed by atoms with E-state index < -0.39 is 42.0 Å². The third-order valence-electron chi connectivity index (χ3n) is 6.34. The number of benzene rings is 2. The lowest BCUT2D eigenvalue weighted by molar-refractivity contribution is -0.142. The van der Waals surface area contributed by atoms with Crippen LogP contribution in [0.4, 0.5) is 22.0 Å². The molecule has 1 atom stereocenters. The number of rotatable bonds is 9. The van der Waals surface area contributed by atoms with Gasteiger partial charge in [0.1, 0.15) is 24.5 Å². The van der Waals surface area contributed by atoms with E-state index in [2.05, 4.69) is 20.4 Å². The van der Waals surface area contributed by atoms with E-state index in [0.717, 1.165) is 22.9 Å². The van der Waals surface area contributed by atoms with E-state index in [1.54, 1.807) is 38.1 Å². The summed E-state index contributed by atoms with van der Waals surface area (Å²) < 4.78 is 69.9. The first kappa shape index (κ1) is 29.1. The van der Waals surface area contributed by atoms with E-state index >= 15 is 0 Å². The third kappa shape index (κ3) is 6.64. The Hall–Kier alpha value is -3.86. The number of amides is 1. The number of nitrogens with one attached hydrogen (secondary N) is 1. The van der Waals surface area contributed by atoms with E-state index in [4.69, 9.17) is 11.6 Å². The van der Waals surface area contributed by atoms with Crippen molar-refractivity contribution in [2.24, 2.45) is 0 Å². The molecule has 0 fully saturated rings. The molecule has 0 aliphatic heterocycles. The molecule has 6 nitrogen and oxygen atoms in total. The Morgan fingerprint density at radius 1 is 1.05 bits per heavy atom. The highest BCUT2D eigenvalue weighted by Gasteiger charge is 2.38. The van der Waals surface area contributed by atoms with E-state index in [1.165, 1.54) is 12.5 Å². The van der Waals surface area contributed by atoms with Gasteiger partial charge in [0.15, 0.2) is 5.69 Å². The number of carbonyl (C=O) groups is 1. The van der Waals surface area contributed by atoms with Gasteiger partial charge in [-0.25, -0.2) is 18.7 Å². The molecule has 2 heterocycles. The molecule has 2 aromatic heterocycles. The lowest BCUT2D eigenvalue weighted by atomic mass is 9.96. The van der Waals surface area contributed by atoms with Crippen LogP contribution in [0.2, 0.25) is 5.02 Å². The van der Waals surface area contributed by atoms with Crippen molar-refractivity contribution in [2.75, 3.05) is 0 Å². The molecular formula is C28H25ClF5N5O. The van der Waals surface area contributed by atoms with Crippen molar-refractivity contribution in [3.63, 3.8) is 0 Å². The summed E-state index contributed by atoms with van der Waals surface area (Å²) in [6, 6.07) is 8.87. The van der Waals surface area contributed by atoms with Crippen LogP contribution in [0.25, 0.3) is 11.1 Å². The molecule has 0 spiro atoms. The highest BCUT2D eigenvalue weighted by atomic mass is 35.5. The zero-order valence-electron chi connectivity index (χ0n) is 21.6. The van der Waals surface area contributed by atoms with Crippen LogP contribution in [-0.4, -0.2) is 25.7 Å². The number of carbonyl (C=O) groups excluding carboxylic acids is 1. The zero-order valence-corrected chi connectivity index (χ0v) is 22.3. The highest BCUT2D eigenvalue weighted by molar-refractivity contribution is 6.30. The monoisotopic (exact) mass is 577 g/mol. The van der Waals surface area contributed by atoms with Gasteiger partial charge < -0.3 is 5.32 Å². The van der Waals surface area contributed by atoms with Gasteiger partial charge in [0, 0.05) is 34.1 Å². The molecule has 4 rings (SSSR count). The molecule has 0 bridgehead atoms. The molecule has 0 saturated carbocycles. The summed E-state index contributed by atoms with van der Waals surface area (Å²) in [4.78, 5) is 21.7. The Kier molecular flexibility index (Phi) is 8.82. The smallest absolute Gasteiger partial charge is 0.346 e. The van der Waals surface area contributed by atoms with Crippen LogP contribution < -0.4 is 5.32 Å². The zero-order chi connectivity index (χ0) is 29.0. The minimum absolute atomic E-state index is 0.0374.